The van der Waals surface area contributed by atoms with Crippen molar-refractivity contribution < 1.29 is 9.18 Å². The average Bonchev–Trinajstić information content (AvgIpc) is 2.45. The molecule has 1 heterocycles. The maximum Gasteiger partial charge on any atom is 0.316 e. The number of aromatic nitrogens is 1. The van der Waals surface area contributed by atoms with Crippen LogP contribution >= 0.6 is 0 Å². The van der Waals surface area contributed by atoms with E-state index in [1.54, 1.807) is 24.3 Å². The molecule has 1 aromatic heterocycles. The lowest BCUT2D eigenvalue weighted by Crippen LogP contribution is -2.19. The molecule has 6 heteroatoms. The normalized spacial score (nSPS) is 11.7. The number of pyridine rings is 1. The Kier molecular flexibility index (Phi) is 4.71. The Labute approximate surface area is 122 Å². The zero-order chi connectivity index (χ0) is 15.2. The fourth-order valence-corrected chi connectivity index (χ4v) is 2.01. The predicted octanol–water partition coefficient (Wildman–Crippen LogP) is 3.27. The van der Waals surface area contributed by atoms with Crippen LogP contribution in [0.25, 0.3) is 0 Å². The molecule has 5 nitrogen and oxygen atoms in total. The summed E-state index contributed by atoms with van der Waals surface area (Å²) in [6, 6.07) is 9.58. The van der Waals surface area contributed by atoms with Crippen LogP contribution in [0, 0.1) is 5.82 Å². The number of benzene rings is 1. The molecule has 110 valence electrons. The predicted molar refractivity (Wildman–Crippen MR) is 80.5 cm³/mol. The Bertz CT molecular complexity index is 615. The van der Waals surface area contributed by atoms with Crippen LogP contribution in [-0.2, 0) is 0 Å². The van der Waals surface area contributed by atoms with E-state index in [4.69, 9.17) is 5.73 Å². The van der Waals surface area contributed by atoms with E-state index in [1.807, 2.05) is 13.0 Å². The number of nitrogens with one attached hydrogen (secondary N) is 2. The summed E-state index contributed by atoms with van der Waals surface area (Å²) in [6.07, 6.45) is 1.98. The maximum absolute atomic E-state index is 12.9. The van der Waals surface area contributed by atoms with Crippen molar-refractivity contribution in [1.82, 2.24) is 4.98 Å². The maximum atomic E-state index is 12.9. The highest BCUT2D eigenvalue weighted by atomic mass is 19.1. The summed E-state index contributed by atoms with van der Waals surface area (Å²) in [5.41, 5.74) is 7.27. The van der Waals surface area contributed by atoms with Gasteiger partial charge in [-0.3, -0.25) is 4.98 Å². The van der Waals surface area contributed by atoms with Crippen molar-refractivity contribution in [3.63, 3.8) is 0 Å². The first kappa shape index (κ1) is 14.8. The quantitative estimate of drug-likeness (QED) is 0.790. The number of rotatable bonds is 5. The number of nitrogens with zero attached hydrogens (tertiary/aromatic N) is 1. The Morgan fingerprint density at radius 1 is 1.33 bits per heavy atom. The van der Waals surface area contributed by atoms with E-state index in [2.05, 4.69) is 15.6 Å². The second-order valence-electron chi connectivity index (χ2n) is 4.58. The highest BCUT2D eigenvalue weighted by Gasteiger charge is 2.11. The highest BCUT2D eigenvalue weighted by molar-refractivity contribution is 5.88. The van der Waals surface area contributed by atoms with Gasteiger partial charge in [-0.25, -0.2) is 9.18 Å². The molecule has 0 aliphatic carbocycles. The van der Waals surface area contributed by atoms with Crippen molar-refractivity contribution in [2.75, 3.05) is 10.6 Å². The van der Waals surface area contributed by atoms with E-state index in [0.29, 0.717) is 5.69 Å². The summed E-state index contributed by atoms with van der Waals surface area (Å²) < 4.78 is 12.9. The fourth-order valence-electron chi connectivity index (χ4n) is 2.01. The van der Waals surface area contributed by atoms with Gasteiger partial charge in [-0.2, -0.15) is 0 Å². The molecule has 2 amide bonds. The molecule has 1 unspecified atom stereocenters. The van der Waals surface area contributed by atoms with Crippen LogP contribution < -0.4 is 16.4 Å². The van der Waals surface area contributed by atoms with Gasteiger partial charge < -0.3 is 16.4 Å². The lowest BCUT2D eigenvalue weighted by molar-refractivity contribution is 0.259. The second-order valence-corrected chi connectivity index (χ2v) is 4.58. The first-order valence-corrected chi connectivity index (χ1v) is 6.63. The largest absolute Gasteiger partial charge is 0.377 e. The van der Waals surface area contributed by atoms with Gasteiger partial charge in [0.2, 0.25) is 0 Å². The highest BCUT2D eigenvalue weighted by Crippen LogP contribution is 2.23. The molecule has 0 bridgehead atoms. The fraction of sp³-hybridized carbons (Fsp3) is 0.200. The Morgan fingerprint density at radius 3 is 2.71 bits per heavy atom. The Balaban J connectivity index is 2.14. The molecule has 4 N–H and O–H groups in total. The summed E-state index contributed by atoms with van der Waals surface area (Å²) >= 11 is 0. The third-order valence-corrected chi connectivity index (χ3v) is 2.99. The molecule has 21 heavy (non-hydrogen) atoms. The first-order chi connectivity index (χ1) is 10.1. The Morgan fingerprint density at radius 2 is 2.10 bits per heavy atom. The molecule has 2 aromatic rings. The molecule has 1 aromatic carbocycles. The number of nitrogens with two attached hydrogens (primary N) is 1. The smallest absolute Gasteiger partial charge is 0.316 e. The minimum atomic E-state index is -0.612. The average molecular weight is 288 g/mol. The number of urea groups is 1. The van der Waals surface area contributed by atoms with Gasteiger partial charge in [0, 0.05) is 11.4 Å². The molecular formula is C15H17FN4O. The van der Waals surface area contributed by atoms with Gasteiger partial charge in [-0.15, -0.1) is 0 Å². The lowest BCUT2D eigenvalue weighted by Gasteiger charge is -2.18. The van der Waals surface area contributed by atoms with Crippen LogP contribution in [0.5, 0.6) is 0 Å². The monoisotopic (exact) mass is 288 g/mol. The van der Waals surface area contributed by atoms with E-state index in [0.717, 1.165) is 17.8 Å². The topological polar surface area (TPSA) is 80.0 Å². The van der Waals surface area contributed by atoms with Crippen LogP contribution in [-0.4, -0.2) is 11.0 Å². The van der Waals surface area contributed by atoms with Crippen molar-refractivity contribution >= 4 is 17.4 Å². The van der Waals surface area contributed by atoms with E-state index >= 15 is 0 Å². The van der Waals surface area contributed by atoms with Gasteiger partial charge in [0.25, 0.3) is 0 Å². The van der Waals surface area contributed by atoms with Gasteiger partial charge >= 0.3 is 6.03 Å². The third-order valence-electron chi connectivity index (χ3n) is 2.99. The van der Waals surface area contributed by atoms with Crippen molar-refractivity contribution in [1.29, 1.82) is 0 Å². The van der Waals surface area contributed by atoms with Crippen LogP contribution in [0.2, 0.25) is 0 Å². The zero-order valence-electron chi connectivity index (χ0n) is 11.6. The number of carbonyl (C=O) groups excluding carboxylic acids is 1. The molecule has 0 spiro atoms. The number of hydrogen-bond donors (Lipinski definition) is 3. The number of carbonyl (C=O) groups is 1. The van der Waals surface area contributed by atoms with E-state index in [-0.39, 0.29) is 11.9 Å². The zero-order valence-corrected chi connectivity index (χ0v) is 11.6. The summed E-state index contributed by atoms with van der Waals surface area (Å²) in [5.74, 6) is -0.360. The number of amides is 2. The van der Waals surface area contributed by atoms with Crippen LogP contribution in [0.3, 0.4) is 0 Å². The molecule has 0 aliphatic heterocycles. The van der Waals surface area contributed by atoms with Gasteiger partial charge in [0.1, 0.15) is 5.82 Å². The first-order valence-electron chi connectivity index (χ1n) is 6.63. The molecule has 0 fully saturated rings. The van der Waals surface area contributed by atoms with Gasteiger partial charge in [0.05, 0.1) is 17.9 Å². The van der Waals surface area contributed by atoms with Crippen LogP contribution in [0.15, 0.2) is 42.6 Å². The third kappa shape index (κ3) is 4.17. The van der Waals surface area contributed by atoms with E-state index in [9.17, 15) is 9.18 Å². The molecule has 0 saturated carbocycles. The molecule has 1 atom stereocenters. The Hall–Kier alpha value is -2.63. The number of primary amides is 1. The lowest BCUT2D eigenvalue weighted by atomic mass is 10.1. The minimum absolute atomic E-state index is 0.0468. The van der Waals surface area contributed by atoms with Crippen molar-refractivity contribution in [3.8, 4) is 0 Å². The number of anilines is 2. The van der Waals surface area contributed by atoms with E-state index < -0.39 is 6.03 Å². The van der Waals surface area contributed by atoms with Gasteiger partial charge in [-0.1, -0.05) is 13.0 Å². The number of hydrogen-bond acceptors (Lipinski definition) is 3. The van der Waals surface area contributed by atoms with Crippen LogP contribution in [0.1, 0.15) is 25.1 Å². The molecular weight excluding hydrogens is 271 g/mol. The van der Waals surface area contributed by atoms with Crippen LogP contribution in [0.4, 0.5) is 20.6 Å². The summed E-state index contributed by atoms with van der Waals surface area (Å²) in [7, 11) is 0. The number of halogens is 1. The summed E-state index contributed by atoms with van der Waals surface area (Å²) in [4.78, 5) is 14.9. The standard InChI is InChI=1S/C15H17FN4O/c1-2-13(14-7-6-10(16)9-18-14)19-11-4-3-5-12(8-11)20-15(17)21/h3-9,13,19H,2H2,1H3,(H3,17,20,21). The minimum Gasteiger partial charge on any atom is -0.377 e. The molecule has 0 saturated heterocycles. The van der Waals surface area contributed by atoms with Gasteiger partial charge in [0.15, 0.2) is 0 Å². The van der Waals surface area contributed by atoms with E-state index in [1.165, 1.54) is 12.3 Å². The van der Waals surface area contributed by atoms with Crippen molar-refractivity contribution in [2.24, 2.45) is 5.73 Å². The van der Waals surface area contributed by atoms with Crippen molar-refractivity contribution in [2.45, 2.75) is 19.4 Å². The summed E-state index contributed by atoms with van der Waals surface area (Å²) in [6.45, 7) is 2.01. The molecule has 2 rings (SSSR count). The summed E-state index contributed by atoms with van der Waals surface area (Å²) in [5, 5.41) is 5.82. The van der Waals surface area contributed by atoms with Gasteiger partial charge in [-0.05, 0) is 36.8 Å². The SMILES string of the molecule is CCC(Nc1cccc(NC(N)=O)c1)c1ccc(F)cn1. The second kappa shape index (κ2) is 6.69. The molecule has 0 radical (unpaired) electrons. The molecule has 0 aliphatic rings. The van der Waals surface area contributed by atoms with Crippen molar-refractivity contribution in [3.05, 3.63) is 54.1 Å².